The van der Waals surface area contributed by atoms with Crippen LogP contribution in [0.1, 0.15) is 0 Å². The molecule has 4 rings (SSSR count). The molecule has 4 nitrogen and oxygen atoms in total. The second-order valence-electron chi connectivity index (χ2n) is 8.72. The summed E-state index contributed by atoms with van der Waals surface area (Å²) in [4.78, 5) is 26.2. The van der Waals surface area contributed by atoms with Crippen molar-refractivity contribution in [3.05, 3.63) is 110 Å². The quantitative estimate of drug-likeness (QED) is 0.109. The lowest BCUT2D eigenvalue weighted by atomic mass is 9.95. The van der Waals surface area contributed by atoms with Crippen molar-refractivity contribution in [3.63, 3.8) is 0 Å². The lowest BCUT2D eigenvalue weighted by molar-refractivity contribution is -0.145. The minimum atomic E-state index is -0.649. The summed E-state index contributed by atoms with van der Waals surface area (Å²) in [6.45, 7) is 7.19. The maximum absolute atomic E-state index is 12.0. The first kappa shape index (κ1) is 26.6. The van der Waals surface area contributed by atoms with E-state index in [1.165, 1.54) is 10.8 Å². The third-order valence-electron chi connectivity index (χ3n) is 5.91. The highest BCUT2D eigenvalue weighted by Gasteiger charge is 2.34. The number of thioether (sulfide) groups is 2. The smallest absolute Gasteiger partial charge is 0.330 e. The molecule has 0 radical (unpaired) electrons. The minimum Gasteiger partial charge on any atom is -0.462 e. The van der Waals surface area contributed by atoms with Gasteiger partial charge >= 0.3 is 11.9 Å². The number of carbonyl (C=O) groups is 2. The molecule has 0 aliphatic rings. The molecule has 0 saturated heterocycles. The average Bonchev–Trinajstić information content (AvgIpc) is 2.95. The molecule has 0 N–H and O–H groups in total. The van der Waals surface area contributed by atoms with Crippen LogP contribution in [0.15, 0.2) is 120 Å². The number of fused-ring (bicyclic) bond motifs is 2. The summed E-state index contributed by atoms with van der Waals surface area (Å²) >= 11 is 3.30. The van der Waals surface area contributed by atoms with Crippen LogP contribution in [0.4, 0.5) is 0 Å². The lowest BCUT2D eigenvalue weighted by Crippen LogP contribution is -2.39. The zero-order chi connectivity index (χ0) is 26.1. The van der Waals surface area contributed by atoms with Gasteiger partial charge in [-0.05, 0) is 45.8 Å². The number of esters is 2. The van der Waals surface area contributed by atoms with Crippen LogP contribution in [0.3, 0.4) is 0 Å². The predicted octanol–water partition coefficient (Wildman–Crippen LogP) is 7.32. The molecule has 6 heteroatoms. The summed E-state index contributed by atoms with van der Waals surface area (Å²) in [6, 6.07) is 29.1. The van der Waals surface area contributed by atoms with Gasteiger partial charge in [-0.3, -0.25) is 0 Å². The van der Waals surface area contributed by atoms with E-state index in [4.69, 9.17) is 9.47 Å². The van der Waals surface area contributed by atoms with Crippen molar-refractivity contribution < 1.29 is 19.1 Å². The van der Waals surface area contributed by atoms with Gasteiger partial charge in [0, 0.05) is 33.4 Å². The van der Waals surface area contributed by atoms with Crippen LogP contribution in [0, 0.1) is 5.41 Å². The molecule has 0 amide bonds. The van der Waals surface area contributed by atoms with Gasteiger partial charge in [-0.25, -0.2) is 9.59 Å². The number of rotatable bonds is 12. The first-order valence-corrected chi connectivity index (χ1v) is 13.8. The van der Waals surface area contributed by atoms with Gasteiger partial charge in [-0.2, -0.15) is 0 Å². The van der Waals surface area contributed by atoms with E-state index in [2.05, 4.69) is 73.8 Å². The molecule has 37 heavy (non-hydrogen) atoms. The normalized spacial score (nSPS) is 11.2. The van der Waals surface area contributed by atoms with Crippen molar-refractivity contribution >= 4 is 57.0 Å². The molecule has 0 bridgehead atoms. The monoisotopic (exact) mass is 528 g/mol. The SMILES string of the molecule is C=CC(=O)OCC(COC(=O)C=C)(CSc1ccc2ccccc2c1)CSc1ccc2ccccc2c1. The molecule has 0 atom stereocenters. The molecular weight excluding hydrogens is 500 g/mol. The Bertz CT molecular complexity index is 1320. The Labute approximate surface area is 225 Å². The molecule has 0 aliphatic carbocycles. The highest BCUT2D eigenvalue weighted by molar-refractivity contribution is 8.00. The van der Waals surface area contributed by atoms with Crippen LogP contribution >= 0.6 is 23.5 Å². The minimum absolute atomic E-state index is 0.0867. The molecule has 0 aromatic heterocycles. The van der Waals surface area contributed by atoms with Crippen molar-refractivity contribution in [2.75, 3.05) is 24.7 Å². The fourth-order valence-electron chi connectivity index (χ4n) is 3.80. The number of carbonyl (C=O) groups excluding carboxylic acids is 2. The van der Waals surface area contributed by atoms with Gasteiger partial charge in [0.2, 0.25) is 0 Å². The Morgan fingerprint density at radius 1 is 0.649 bits per heavy atom. The molecule has 0 spiro atoms. The zero-order valence-electron chi connectivity index (χ0n) is 20.4. The van der Waals surface area contributed by atoms with E-state index < -0.39 is 17.4 Å². The Morgan fingerprint density at radius 2 is 1.05 bits per heavy atom. The number of hydrogen-bond acceptors (Lipinski definition) is 6. The van der Waals surface area contributed by atoms with Gasteiger partial charge in [0.1, 0.15) is 13.2 Å². The van der Waals surface area contributed by atoms with Crippen LogP contribution in [0.25, 0.3) is 21.5 Å². The topological polar surface area (TPSA) is 52.6 Å². The first-order valence-electron chi connectivity index (χ1n) is 11.8. The second kappa shape index (κ2) is 12.7. The van der Waals surface area contributed by atoms with Crippen LogP contribution < -0.4 is 0 Å². The summed E-state index contributed by atoms with van der Waals surface area (Å²) in [5.41, 5.74) is -0.649. The first-order chi connectivity index (χ1) is 18.0. The highest BCUT2D eigenvalue weighted by atomic mass is 32.2. The van der Waals surface area contributed by atoms with E-state index in [9.17, 15) is 9.59 Å². The molecule has 0 aliphatic heterocycles. The van der Waals surface area contributed by atoms with Crippen LogP contribution in [0.5, 0.6) is 0 Å². The summed E-state index contributed by atoms with van der Waals surface area (Å²) in [5.74, 6) is 0.123. The maximum atomic E-state index is 12.0. The van der Waals surface area contributed by atoms with Crippen molar-refractivity contribution in [3.8, 4) is 0 Å². The van der Waals surface area contributed by atoms with E-state index in [0.29, 0.717) is 11.5 Å². The number of ether oxygens (including phenoxy) is 2. The maximum Gasteiger partial charge on any atom is 0.330 e. The van der Waals surface area contributed by atoms with Gasteiger partial charge in [0.15, 0.2) is 0 Å². The van der Waals surface area contributed by atoms with Gasteiger partial charge in [-0.15, -0.1) is 23.5 Å². The van der Waals surface area contributed by atoms with E-state index in [-0.39, 0.29) is 13.2 Å². The molecule has 188 valence electrons. The summed E-state index contributed by atoms with van der Waals surface area (Å²) in [5, 5.41) is 4.65. The molecule has 4 aromatic rings. The largest absolute Gasteiger partial charge is 0.462 e. The van der Waals surface area contributed by atoms with E-state index in [1.54, 1.807) is 23.5 Å². The van der Waals surface area contributed by atoms with Gasteiger partial charge in [0.05, 0.1) is 5.41 Å². The number of hydrogen-bond donors (Lipinski definition) is 0. The Balaban J connectivity index is 1.59. The van der Waals surface area contributed by atoms with E-state index in [1.807, 2.05) is 24.3 Å². The zero-order valence-corrected chi connectivity index (χ0v) is 22.1. The Morgan fingerprint density at radius 3 is 1.46 bits per heavy atom. The van der Waals surface area contributed by atoms with Gasteiger partial charge in [-0.1, -0.05) is 73.8 Å². The predicted molar refractivity (Wildman–Crippen MR) is 154 cm³/mol. The van der Waals surface area contributed by atoms with Crippen LogP contribution in [-0.2, 0) is 19.1 Å². The summed E-state index contributed by atoms with van der Waals surface area (Å²) < 4.78 is 11.1. The van der Waals surface area contributed by atoms with Gasteiger partial charge < -0.3 is 9.47 Å². The molecule has 0 saturated carbocycles. The standard InChI is InChI=1S/C31H28O4S2/c1-3-29(32)34-19-31(20-35-30(33)4-2,21-36-27-15-13-23-9-5-7-11-25(23)17-27)22-37-28-16-14-24-10-6-8-12-26(24)18-28/h3-18H,1-2,19-22H2. The van der Waals surface area contributed by atoms with E-state index >= 15 is 0 Å². The van der Waals surface area contributed by atoms with Gasteiger partial charge in [0.25, 0.3) is 0 Å². The molecule has 0 fully saturated rings. The lowest BCUT2D eigenvalue weighted by Gasteiger charge is -2.32. The summed E-state index contributed by atoms with van der Waals surface area (Å²) in [7, 11) is 0. The third-order valence-corrected chi connectivity index (χ3v) is 8.59. The molecule has 0 heterocycles. The Hall–Kier alpha value is -3.48. The van der Waals surface area contributed by atoms with Crippen molar-refractivity contribution in [2.24, 2.45) is 5.41 Å². The van der Waals surface area contributed by atoms with E-state index in [0.717, 1.165) is 32.7 Å². The Kier molecular flexibility index (Phi) is 9.09. The van der Waals surface area contributed by atoms with Crippen LogP contribution in [0.2, 0.25) is 0 Å². The molecule has 4 aromatic carbocycles. The fraction of sp³-hybridized carbons (Fsp3) is 0.161. The van der Waals surface area contributed by atoms with Crippen molar-refractivity contribution in [1.29, 1.82) is 0 Å². The molecular formula is C31H28O4S2. The highest BCUT2D eigenvalue weighted by Crippen LogP contribution is 2.36. The summed E-state index contributed by atoms with van der Waals surface area (Å²) in [6.07, 6.45) is 2.29. The number of benzene rings is 4. The van der Waals surface area contributed by atoms with Crippen molar-refractivity contribution in [1.82, 2.24) is 0 Å². The van der Waals surface area contributed by atoms with Crippen LogP contribution in [-0.4, -0.2) is 36.7 Å². The average molecular weight is 529 g/mol. The second-order valence-corrected chi connectivity index (χ2v) is 10.8. The fourth-order valence-corrected chi connectivity index (χ4v) is 6.17. The van der Waals surface area contributed by atoms with Crippen molar-refractivity contribution in [2.45, 2.75) is 9.79 Å². The third kappa shape index (κ3) is 7.28. The molecule has 0 unspecified atom stereocenters.